The Morgan fingerprint density at radius 2 is 2.00 bits per heavy atom. The van der Waals surface area contributed by atoms with Crippen LogP contribution in [0.3, 0.4) is 0 Å². The summed E-state index contributed by atoms with van der Waals surface area (Å²) in [6, 6.07) is 11.0. The quantitative estimate of drug-likeness (QED) is 0.675. The van der Waals surface area contributed by atoms with Crippen LogP contribution in [0.15, 0.2) is 53.1 Å². The van der Waals surface area contributed by atoms with E-state index in [-0.39, 0.29) is 11.1 Å². The topological polar surface area (TPSA) is 42.0 Å². The number of nitrogens with one attached hydrogen (secondary N) is 1. The second kappa shape index (κ2) is 6.50. The molecule has 2 rings (SSSR count). The highest BCUT2D eigenvalue weighted by atomic mass is 79.9. The van der Waals surface area contributed by atoms with E-state index in [4.69, 9.17) is 11.6 Å². The number of aromatic nitrogens is 1. The summed E-state index contributed by atoms with van der Waals surface area (Å²) < 4.78 is 0.997. The van der Waals surface area contributed by atoms with Crippen LogP contribution in [0.2, 0.25) is 5.15 Å². The van der Waals surface area contributed by atoms with Crippen molar-refractivity contribution in [1.82, 2.24) is 4.98 Å². The van der Waals surface area contributed by atoms with Gasteiger partial charge in [0, 0.05) is 16.7 Å². The highest BCUT2D eigenvalue weighted by Crippen LogP contribution is 2.17. The second-order valence-corrected chi connectivity index (χ2v) is 4.99. The lowest BCUT2D eigenvalue weighted by Crippen LogP contribution is -2.08. The monoisotopic (exact) mass is 336 g/mol. The smallest absolute Gasteiger partial charge is 0.248 e. The molecular weight excluding hydrogens is 328 g/mol. The number of benzene rings is 1. The van der Waals surface area contributed by atoms with E-state index in [0.717, 1.165) is 10.0 Å². The minimum atomic E-state index is -0.252. The molecule has 3 nitrogen and oxygen atoms in total. The number of hydrogen-bond donors (Lipinski definition) is 1. The van der Waals surface area contributed by atoms with Crippen LogP contribution in [0, 0.1) is 0 Å². The molecule has 0 saturated heterocycles. The van der Waals surface area contributed by atoms with Gasteiger partial charge in [0.05, 0.1) is 5.69 Å². The first-order chi connectivity index (χ1) is 9.15. The van der Waals surface area contributed by atoms with Crippen molar-refractivity contribution in [3.63, 3.8) is 0 Å². The van der Waals surface area contributed by atoms with Crippen molar-refractivity contribution in [3.05, 3.63) is 63.9 Å². The molecule has 0 aliphatic heterocycles. The number of halogens is 2. The second-order valence-electron chi connectivity index (χ2n) is 3.72. The largest absolute Gasteiger partial charge is 0.320 e. The molecule has 0 radical (unpaired) electrons. The molecule has 96 valence electrons. The van der Waals surface area contributed by atoms with Crippen molar-refractivity contribution in [1.29, 1.82) is 0 Å². The van der Waals surface area contributed by atoms with E-state index in [1.165, 1.54) is 6.08 Å². The fourth-order valence-corrected chi connectivity index (χ4v) is 1.83. The zero-order valence-corrected chi connectivity index (χ0v) is 12.1. The summed E-state index contributed by atoms with van der Waals surface area (Å²) in [4.78, 5) is 15.6. The number of rotatable bonds is 3. The highest BCUT2D eigenvalue weighted by molar-refractivity contribution is 9.10. The predicted octanol–water partition coefficient (Wildman–Crippen LogP) is 4.15. The third-order valence-electron chi connectivity index (χ3n) is 2.31. The van der Waals surface area contributed by atoms with Gasteiger partial charge < -0.3 is 5.32 Å². The van der Waals surface area contributed by atoms with Gasteiger partial charge in [0.25, 0.3) is 0 Å². The standard InChI is InChI=1S/C14H10BrClN2O/c15-11-6-3-10(4-7-11)5-8-13(19)18-12-2-1-9-17-14(12)16/h1-9H,(H,18,19)/b8-5+. The van der Waals surface area contributed by atoms with Crippen molar-refractivity contribution in [3.8, 4) is 0 Å². The average Bonchev–Trinajstić information content (AvgIpc) is 2.41. The van der Waals surface area contributed by atoms with Gasteiger partial charge in [-0.25, -0.2) is 4.98 Å². The van der Waals surface area contributed by atoms with Gasteiger partial charge in [-0.15, -0.1) is 0 Å². The van der Waals surface area contributed by atoms with Gasteiger partial charge in [0.1, 0.15) is 0 Å². The lowest BCUT2D eigenvalue weighted by atomic mass is 10.2. The van der Waals surface area contributed by atoms with Gasteiger partial charge in [0.15, 0.2) is 5.15 Å². The molecule has 5 heteroatoms. The zero-order chi connectivity index (χ0) is 13.7. The number of carbonyl (C=O) groups excluding carboxylic acids is 1. The molecule has 1 aromatic heterocycles. The van der Waals surface area contributed by atoms with E-state index >= 15 is 0 Å². The van der Waals surface area contributed by atoms with Crippen molar-refractivity contribution in [2.75, 3.05) is 5.32 Å². The predicted molar refractivity (Wildman–Crippen MR) is 81.1 cm³/mol. The summed E-state index contributed by atoms with van der Waals surface area (Å²) in [5, 5.41) is 2.93. The van der Waals surface area contributed by atoms with Crippen molar-refractivity contribution < 1.29 is 4.79 Å². The molecule has 1 aromatic carbocycles. The summed E-state index contributed by atoms with van der Waals surface area (Å²) in [7, 11) is 0. The number of pyridine rings is 1. The molecular formula is C14H10BrClN2O. The lowest BCUT2D eigenvalue weighted by molar-refractivity contribution is -0.111. The number of carbonyl (C=O) groups is 1. The Balaban J connectivity index is 2.02. The minimum absolute atomic E-state index is 0.252. The molecule has 1 amide bonds. The normalized spacial score (nSPS) is 10.6. The van der Waals surface area contributed by atoms with E-state index in [1.807, 2.05) is 24.3 Å². The first-order valence-electron chi connectivity index (χ1n) is 5.50. The summed E-state index contributed by atoms with van der Waals surface area (Å²) in [6.07, 6.45) is 4.74. The first kappa shape index (κ1) is 13.8. The van der Waals surface area contributed by atoms with Crippen LogP contribution in [0.5, 0.6) is 0 Å². The number of anilines is 1. The molecule has 0 spiro atoms. The molecule has 0 saturated carbocycles. The summed E-state index contributed by atoms with van der Waals surface area (Å²) in [5.74, 6) is -0.252. The molecule has 1 heterocycles. The van der Waals surface area contributed by atoms with Crippen LogP contribution in [0.1, 0.15) is 5.56 Å². The van der Waals surface area contributed by atoms with Crippen LogP contribution in [0.25, 0.3) is 6.08 Å². The highest BCUT2D eigenvalue weighted by Gasteiger charge is 2.02. The van der Waals surface area contributed by atoms with Crippen molar-refractivity contribution >= 4 is 45.2 Å². The molecule has 1 N–H and O–H groups in total. The number of amides is 1. The van der Waals surface area contributed by atoms with Gasteiger partial charge >= 0.3 is 0 Å². The van der Waals surface area contributed by atoms with E-state index in [2.05, 4.69) is 26.2 Å². The molecule has 0 unspecified atom stereocenters. The molecule has 0 bridgehead atoms. The van der Waals surface area contributed by atoms with Crippen LogP contribution in [-0.2, 0) is 4.79 Å². The van der Waals surface area contributed by atoms with E-state index < -0.39 is 0 Å². The third-order valence-corrected chi connectivity index (χ3v) is 3.14. The van der Waals surface area contributed by atoms with Crippen molar-refractivity contribution in [2.24, 2.45) is 0 Å². The van der Waals surface area contributed by atoms with Gasteiger partial charge in [0.2, 0.25) is 5.91 Å². The average molecular weight is 338 g/mol. The Morgan fingerprint density at radius 3 is 2.68 bits per heavy atom. The maximum Gasteiger partial charge on any atom is 0.248 e. The maximum absolute atomic E-state index is 11.7. The Bertz CT molecular complexity index is 611. The molecule has 19 heavy (non-hydrogen) atoms. The van der Waals surface area contributed by atoms with Crippen molar-refractivity contribution in [2.45, 2.75) is 0 Å². The number of hydrogen-bond acceptors (Lipinski definition) is 2. The molecule has 2 aromatic rings. The van der Waals surface area contributed by atoms with Crippen LogP contribution < -0.4 is 5.32 Å². The fourth-order valence-electron chi connectivity index (χ4n) is 1.40. The Kier molecular flexibility index (Phi) is 4.71. The van der Waals surface area contributed by atoms with Gasteiger partial charge in [-0.2, -0.15) is 0 Å². The molecule has 0 aliphatic carbocycles. The molecule has 0 aliphatic rings. The fraction of sp³-hybridized carbons (Fsp3) is 0. The van der Waals surface area contributed by atoms with E-state index in [0.29, 0.717) is 5.69 Å². The van der Waals surface area contributed by atoms with Gasteiger partial charge in [-0.05, 0) is 35.9 Å². The minimum Gasteiger partial charge on any atom is -0.320 e. The molecule has 0 atom stereocenters. The maximum atomic E-state index is 11.7. The van der Waals surface area contributed by atoms with E-state index in [9.17, 15) is 4.79 Å². The van der Waals surface area contributed by atoms with Crippen LogP contribution in [-0.4, -0.2) is 10.9 Å². The van der Waals surface area contributed by atoms with E-state index in [1.54, 1.807) is 24.4 Å². The summed E-state index contributed by atoms with van der Waals surface area (Å²) in [5.41, 5.74) is 1.44. The molecule has 0 fully saturated rings. The lowest BCUT2D eigenvalue weighted by Gasteiger charge is -2.02. The Hall–Kier alpha value is -1.65. The van der Waals surface area contributed by atoms with Crippen LogP contribution in [0.4, 0.5) is 5.69 Å². The first-order valence-corrected chi connectivity index (χ1v) is 6.67. The van der Waals surface area contributed by atoms with Crippen LogP contribution >= 0.6 is 27.5 Å². The zero-order valence-electron chi connectivity index (χ0n) is 9.81. The van der Waals surface area contributed by atoms with Gasteiger partial charge in [-0.1, -0.05) is 39.7 Å². The number of nitrogens with zero attached hydrogens (tertiary/aromatic N) is 1. The summed E-state index contributed by atoms with van der Waals surface area (Å²) in [6.45, 7) is 0. The Labute approximate surface area is 124 Å². The summed E-state index contributed by atoms with van der Waals surface area (Å²) >= 11 is 9.20. The SMILES string of the molecule is O=C(/C=C/c1ccc(Br)cc1)Nc1cccnc1Cl. The third kappa shape index (κ3) is 4.19. The van der Waals surface area contributed by atoms with Gasteiger partial charge in [-0.3, -0.25) is 4.79 Å². The Morgan fingerprint density at radius 1 is 1.26 bits per heavy atom.